The molecule has 3 aliphatic rings. The first-order valence-electron chi connectivity index (χ1n) is 10.1. The standard InChI is InChI=1S/C20H29N3O2S/c21-20(25)22-10-7-15(8-11-22)18-12-16(13-26-18)19(24)23-9-3-5-14-4-1-2-6-17(14)23/h12-15,17H,1-11H2,(H2,21,25). The van der Waals surface area contributed by atoms with E-state index in [-0.39, 0.29) is 11.9 Å². The molecule has 1 aromatic heterocycles. The molecule has 1 saturated carbocycles. The number of nitrogens with two attached hydrogens (primary N) is 1. The fourth-order valence-electron chi connectivity index (χ4n) is 5.11. The predicted molar refractivity (Wildman–Crippen MR) is 103 cm³/mol. The lowest BCUT2D eigenvalue weighted by molar-refractivity contribution is 0.0391. The van der Waals surface area contributed by atoms with Crippen molar-refractivity contribution < 1.29 is 9.59 Å². The molecular weight excluding hydrogens is 346 g/mol. The van der Waals surface area contributed by atoms with Gasteiger partial charge < -0.3 is 15.5 Å². The summed E-state index contributed by atoms with van der Waals surface area (Å²) in [6.07, 6.45) is 9.38. The average Bonchev–Trinajstić information content (AvgIpc) is 3.17. The summed E-state index contributed by atoms with van der Waals surface area (Å²) in [5, 5.41) is 2.05. The van der Waals surface area contributed by atoms with Crippen LogP contribution in [0.3, 0.4) is 0 Å². The molecule has 142 valence electrons. The van der Waals surface area contributed by atoms with Crippen molar-refractivity contribution >= 4 is 23.3 Å². The van der Waals surface area contributed by atoms with E-state index >= 15 is 0 Å². The van der Waals surface area contributed by atoms with Crippen LogP contribution in [-0.2, 0) is 0 Å². The second-order valence-electron chi connectivity index (χ2n) is 8.09. The number of hydrogen-bond acceptors (Lipinski definition) is 3. The van der Waals surface area contributed by atoms with Gasteiger partial charge in [0.05, 0.1) is 5.56 Å². The molecule has 2 aliphatic heterocycles. The Balaban J connectivity index is 1.42. The topological polar surface area (TPSA) is 66.6 Å². The van der Waals surface area contributed by atoms with E-state index in [9.17, 15) is 9.59 Å². The molecule has 0 spiro atoms. The first-order chi connectivity index (χ1) is 12.6. The lowest BCUT2D eigenvalue weighted by atomic mass is 9.78. The van der Waals surface area contributed by atoms with E-state index in [4.69, 9.17) is 5.73 Å². The molecule has 2 unspecified atom stereocenters. The van der Waals surface area contributed by atoms with Gasteiger partial charge in [0.1, 0.15) is 0 Å². The van der Waals surface area contributed by atoms with Crippen molar-refractivity contribution in [1.82, 2.24) is 9.80 Å². The predicted octanol–water partition coefficient (Wildman–Crippen LogP) is 3.80. The van der Waals surface area contributed by atoms with Crippen LogP contribution in [0.15, 0.2) is 11.4 Å². The summed E-state index contributed by atoms with van der Waals surface area (Å²) in [7, 11) is 0. The first kappa shape index (κ1) is 17.8. The zero-order chi connectivity index (χ0) is 18.1. The fraction of sp³-hybridized carbons (Fsp3) is 0.700. The number of fused-ring (bicyclic) bond motifs is 1. The third-order valence-electron chi connectivity index (χ3n) is 6.58. The molecule has 1 aromatic rings. The molecule has 3 amide bonds. The van der Waals surface area contributed by atoms with Crippen LogP contribution in [0.4, 0.5) is 4.79 Å². The first-order valence-corrected chi connectivity index (χ1v) is 10.9. The quantitative estimate of drug-likeness (QED) is 0.854. The summed E-state index contributed by atoms with van der Waals surface area (Å²) in [6, 6.07) is 2.26. The Morgan fingerprint density at radius 1 is 1.00 bits per heavy atom. The number of carbonyl (C=O) groups excluding carboxylic acids is 2. The highest BCUT2D eigenvalue weighted by atomic mass is 32.1. The Kier molecular flexibility index (Phi) is 5.20. The van der Waals surface area contributed by atoms with Gasteiger partial charge in [-0.25, -0.2) is 4.79 Å². The van der Waals surface area contributed by atoms with E-state index in [2.05, 4.69) is 11.0 Å². The van der Waals surface area contributed by atoms with Gasteiger partial charge in [-0.15, -0.1) is 11.3 Å². The van der Waals surface area contributed by atoms with Crippen molar-refractivity contribution in [3.05, 3.63) is 21.9 Å². The third-order valence-corrected chi connectivity index (χ3v) is 7.67. The van der Waals surface area contributed by atoms with Crippen molar-refractivity contribution in [3.8, 4) is 0 Å². The highest BCUT2D eigenvalue weighted by Gasteiger charge is 2.36. The summed E-state index contributed by atoms with van der Waals surface area (Å²) in [6.45, 7) is 2.36. The number of hydrogen-bond donors (Lipinski definition) is 1. The zero-order valence-electron chi connectivity index (χ0n) is 15.4. The molecule has 1 aliphatic carbocycles. The van der Waals surface area contributed by atoms with Crippen molar-refractivity contribution in [2.45, 2.75) is 63.3 Å². The Labute approximate surface area is 159 Å². The highest BCUT2D eigenvalue weighted by molar-refractivity contribution is 7.10. The Bertz CT molecular complexity index is 664. The van der Waals surface area contributed by atoms with Gasteiger partial charge in [0.2, 0.25) is 0 Å². The lowest BCUT2D eigenvalue weighted by Gasteiger charge is -2.44. The van der Waals surface area contributed by atoms with Crippen molar-refractivity contribution in [1.29, 1.82) is 0 Å². The summed E-state index contributed by atoms with van der Waals surface area (Å²) in [5.41, 5.74) is 6.24. The van der Waals surface area contributed by atoms with Crippen molar-refractivity contribution in [2.24, 2.45) is 11.7 Å². The van der Waals surface area contributed by atoms with E-state index < -0.39 is 0 Å². The number of nitrogens with zero attached hydrogens (tertiary/aromatic N) is 2. The van der Waals surface area contributed by atoms with E-state index in [0.29, 0.717) is 12.0 Å². The van der Waals surface area contributed by atoms with Gasteiger partial charge in [-0.2, -0.15) is 0 Å². The Morgan fingerprint density at radius 3 is 2.50 bits per heavy atom. The summed E-state index contributed by atoms with van der Waals surface area (Å²) >= 11 is 1.71. The molecule has 5 nitrogen and oxygen atoms in total. The number of primary amides is 1. The molecule has 3 fully saturated rings. The van der Waals surface area contributed by atoms with Crippen LogP contribution in [0.2, 0.25) is 0 Å². The smallest absolute Gasteiger partial charge is 0.314 e. The van der Waals surface area contributed by atoms with Crippen LogP contribution in [-0.4, -0.2) is 47.4 Å². The number of rotatable bonds is 2. The van der Waals surface area contributed by atoms with Crippen molar-refractivity contribution in [3.63, 3.8) is 0 Å². The van der Waals surface area contributed by atoms with Gasteiger partial charge in [-0.1, -0.05) is 12.8 Å². The minimum absolute atomic E-state index is 0.235. The maximum atomic E-state index is 13.2. The van der Waals surface area contributed by atoms with Crippen LogP contribution >= 0.6 is 11.3 Å². The summed E-state index contributed by atoms with van der Waals surface area (Å²) in [4.78, 5) is 29.6. The molecule has 6 heteroatoms. The number of piperidine rings is 2. The average molecular weight is 376 g/mol. The molecular formula is C20H29N3O2S. The van der Waals surface area contributed by atoms with Crippen LogP contribution in [0.5, 0.6) is 0 Å². The fourth-order valence-corrected chi connectivity index (χ4v) is 6.16. The minimum Gasteiger partial charge on any atom is -0.351 e. The summed E-state index contributed by atoms with van der Waals surface area (Å²) in [5.74, 6) is 1.40. The molecule has 2 N–H and O–H groups in total. The van der Waals surface area contributed by atoms with Crippen LogP contribution in [0.1, 0.15) is 72.5 Å². The Morgan fingerprint density at radius 2 is 1.73 bits per heavy atom. The number of carbonyl (C=O) groups is 2. The third kappa shape index (κ3) is 3.48. The molecule has 26 heavy (non-hydrogen) atoms. The van der Waals surface area contributed by atoms with Crippen molar-refractivity contribution in [2.75, 3.05) is 19.6 Å². The van der Waals surface area contributed by atoms with Crippen LogP contribution in [0.25, 0.3) is 0 Å². The largest absolute Gasteiger partial charge is 0.351 e. The summed E-state index contributed by atoms with van der Waals surface area (Å²) < 4.78 is 0. The van der Waals surface area contributed by atoms with Gasteiger partial charge in [0, 0.05) is 35.9 Å². The van der Waals surface area contributed by atoms with Gasteiger partial charge >= 0.3 is 6.03 Å². The van der Waals surface area contributed by atoms with Gasteiger partial charge in [-0.05, 0) is 56.4 Å². The van der Waals surface area contributed by atoms with Crippen LogP contribution < -0.4 is 5.73 Å². The van der Waals surface area contributed by atoms with E-state index in [1.807, 2.05) is 5.38 Å². The van der Waals surface area contributed by atoms with E-state index in [1.54, 1.807) is 16.2 Å². The number of urea groups is 1. The maximum Gasteiger partial charge on any atom is 0.314 e. The van der Waals surface area contributed by atoms with Crippen LogP contribution in [0, 0.1) is 5.92 Å². The van der Waals surface area contributed by atoms with E-state index in [0.717, 1.165) is 50.4 Å². The number of likely N-dealkylation sites (tertiary alicyclic amines) is 2. The number of amides is 3. The Hall–Kier alpha value is -1.56. The normalized spacial score (nSPS) is 27.2. The van der Waals surface area contributed by atoms with Gasteiger partial charge in [-0.3, -0.25) is 4.79 Å². The zero-order valence-corrected chi connectivity index (χ0v) is 16.2. The maximum absolute atomic E-state index is 13.2. The molecule has 4 rings (SSSR count). The SMILES string of the molecule is NC(=O)N1CCC(c2cc(C(=O)N3CCCC4CCCCC43)cs2)CC1. The van der Waals surface area contributed by atoms with Gasteiger partial charge in [0.15, 0.2) is 0 Å². The second-order valence-corrected chi connectivity index (χ2v) is 9.03. The van der Waals surface area contributed by atoms with E-state index in [1.165, 1.54) is 37.0 Å². The molecule has 2 atom stereocenters. The van der Waals surface area contributed by atoms with Gasteiger partial charge in [0.25, 0.3) is 5.91 Å². The molecule has 2 saturated heterocycles. The lowest BCUT2D eigenvalue weighted by Crippen LogP contribution is -2.49. The molecule has 0 aromatic carbocycles. The minimum atomic E-state index is -0.322. The second kappa shape index (κ2) is 7.59. The monoisotopic (exact) mass is 375 g/mol. The number of thiophene rings is 1. The molecule has 0 bridgehead atoms. The molecule has 0 radical (unpaired) electrons. The molecule has 3 heterocycles. The highest BCUT2D eigenvalue weighted by Crippen LogP contribution is 2.37.